The van der Waals surface area contributed by atoms with E-state index < -0.39 is 11.7 Å². The van der Waals surface area contributed by atoms with Crippen LogP contribution in [0.5, 0.6) is 5.75 Å². The van der Waals surface area contributed by atoms with Crippen LogP contribution < -0.4 is 4.74 Å². The average Bonchev–Trinajstić information content (AvgIpc) is 3.40. The molecule has 25 heavy (non-hydrogen) atoms. The Bertz CT molecular complexity index is 804. The molecule has 1 aliphatic carbocycles. The molecule has 3 rings (SSSR count). The Kier molecular flexibility index (Phi) is 4.61. The number of methoxy groups -OCH3 is 1. The highest BCUT2D eigenvalue weighted by atomic mass is 16.5. The van der Waals surface area contributed by atoms with Gasteiger partial charge in [-0.3, -0.25) is 14.3 Å². The van der Waals surface area contributed by atoms with Crippen molar-refractivity contribution in [2.45, 2.75) is 39.3 Å². The molecule has 0 aliphatic heterocycles. The molecule has 0 spiro atoms. The third kappa shape index (κ3) is 3.43. The molecule has 0 radical (unpaired) electrons. The molecule has 6 heteroatoms. The van der Waals surface area contributed by atoms with Crippen LogP contribution in [-0.2, 0) is 18.4 Å². The van der Waals surface area contributed by atoms with E-state index in [2.05, 4.69) is 5.10 Å². The second-order valence-corrected chi connectivity index (χ2v) is 6.51. The quantitative estimate of drug-likeness (QED) is 0.598. The molecule has 2 aromatic rings. The second kappa shape index (κ2) is 6.70. The number of ketones is 1. The first-order valence-electron chi connectivity index (χ1n) is 8.40. The number of benzene rings is 1. The van der Waals surface area contributed by atoms with Crippen molar-refractivity contribution in [3.63, 3.8) is 0 Å². The van der Waals surface area contributed by atoms with Crippen LogP contribution in [0.2, 0.25) is 0 Å². The molecule has 0 unspecified atom stereocenters. The first kappa shape index (κ1) is 17.2. The van der Waals surface area contributed by atoms with Crippen molar-refractivity contribution in [3.8, 4) is 5.75 Å². The van der Waals surface area contributed by atoms with Crippen molar-refractivity contribution in [2.75, 3.05) is 7.11 Å². The van der Waals surface area contributed by atoms with Gasteiger partial charge in [-0.25, -0.2) is 0 Å². The molecule has 6 nitrogen and oxygen atoms in total. The van der Waals surface area contributed by atoms with E-state index in [0.717, 1.165) is 29.8 Å². The van der Waals surface area contributed by atoms with Crippen LogP contribution in [0.25, 0.3) is 0 Å². The maximum absolute atomic E-state index is 12.9. The van der Waals surface area contributed by atoms with E-state index in [-0.39, 0.29) is 6.04 Å². The minimum Gasteiger partial charge on any atom is -0.497 e. The van der Waals surface area contributed by atoms with Crippen molar-refractivity contribution in [1.82, 2.24) is 14.7 Å². The fourth-order valence-electron chi connectivity index (χ4n) is 3.02. The molecule has 1 saturated carbocycles. The summed E-state index contributed by atoms with van der Waals surface area (Å²) in [5.41, 5.74) is 2.72. The minimum absolute atomic E-state index is 0.149. The van der Waals surface area contributed by atoms with Gasteiger partial charge in [0.2, 0.25) is 0 Å². The lowest BCUT2D eigenvalue weighted by molar-refractivity contribution is -0.127. The van der Waals surface area contributed by atoms with Crippen LogP contribution >= 0.6 is 0 Å². The monoisotopic (exact) mass is 341 g/mol. The number of ether oxygens (including phenoxy) is 1. The van der Waals surface area contributed by atoms with Gasteiger partial charge in [0.25, 0.3) is 11.7 Å². The molecule has 0 atom stereocenters. The summed E-state index contributed by atoms with van der Waals surface area (Å²) in [7, 11) is 3.39. The largest absolute Gasteiger partial charge is 0.497 e. The molecule has 1 fully saturated rings. The van der Waals surface area contributed by atoms with Gasteiger partial charge in [-0.15, -0.1) is 0 Å². The maximum atomic E-state index is 12.9. The van der Waals surface area contributed by atoms with E-state index in [1.807, 2.05) is 31.2 Å². The Hall–Kier alpha value is -2.63. The van der Waals surface area contributed by atoms with Crippen molar-refractivity contribution in [2.24, 2.45) is 7.05 Å². The Morgan fingerprint density at radius 2 is 1.88 bits per heavy atom. The molecule has 1 aromatic heterocycles. The van der Waals surface area contributed by atoms with Gasteiger partial charge in [-0.05, 0) is 44.4 Å². The molecule has 1 aromatic carbocycles. The molecular formula is C19H23N3O3. The number of rotatable bonds is 6. The van der Waals surface area contributed by atoms with Crippen LogP contribution in [0.15, 0.2) is 24.3 Å². The number of hydrogen-bond acceptors (Lipinski definition) is 4. The summed E-state index contributed by atoms with van der Waals surface area (Å²) in [6.45, 7) is 4.00. The van der Waals surface area contributed by atoms with Crippen LogP contribution in [0.3, 0.4) is 0 Å². The molecule has 132 valence electrons. The zero-order valence-corrected chi connectivity index (χ0v) is 15.1. The van der Waals surface area contributed by atoms with Crippen LogP contribution in [-0.4, -0.2) is 39.5 Å². The molecule has 1 aliphatic rings. The predicted molar refractivity (Wildman–Crippen MR) is 93.6 cm³/mol. The van der Waals surface area contributed by atoms with Gasteiger partial charge in [-0.2, -0.15) is 5.10 Å². The topological polar surface area (TPSA) is 64.4 Å². The Balaban J connectivity index is 1.82. The fourth-order valence-corrected chi connectivity index (χ4v) is 3.02. The summed E-state index contributed by atoms with van der Waals surface area (Å²) >= 11 is 0. The van der Waals surface area contributed by atoms with Gasteiger partial charge in [0.15, 0.2) is 0 Å². The minimum atomic E-state index is -0.469. The number of aryl methyl sites for hydroxylation is 2. The molecule has 0 bridgehead atoms. The van der Waals surface area contributed by atoms with Crippen molar-refractivity contribution in [3.05, 3.63) is 46.8 Å². The molecular weight excluding hydrogens is 318 g/mol. The van der Waals surface area contributed by atoms with E-state index in [9.17, 15) is 9.59 Å². The smallest absolute Gasteiger partial charge is 0.295 e. The SMILES string of the molecule is COc1ccc(CN(C(=O)C(=O)c2c(C)nn(C)c2C)C2CC2)cc1. The highest BCUT2D eigenvalue weighted by molar-refractivity contribution is 6.43. The van der Waals surface area contributed by atoms with Crippen LogP contribution in [0.4, 0.5) is 0 Å². The Morgan fingerprint density at radius 3 is 2.36 bits per heavy atom. The van der Waals surface area contributed by atoms with Gasteiger partial charge < -0.3 is 9.64 Å². The average molecular weight is 341 g/mol. The lowest BCUT2D eigenvalue weighted by Gasteiger charge is -2.22. The summed E-state index contributed by atoms with van der Waals surface area (Å²) in [5.74, 6) is -0.147. The first-order valence-corrected chi connectivity index (χ1v) is 8.40. The number of carbonyl (C=O) groups is 2. The third-order valence-electron chi connectivity index (χ3n) is 4.69. The first-order chi connectivity index (χ1) is 11.9. The van der Waals surface area contributed by atoms with Gasteiger partial charge in [0.1, 0.15) is 5.75 Å². The number of carbonyl (C=O) groups excluding carboxylic acids is 2. The molecule has 0 N–H and O–H groups in total. The Morgan fingerprint density at radius 1 is 1.24 bits per heavy atom. The molecule has 1 amide bonds. The summed E-state index contributed by atoms with van der Waals surface area (Å²) in [6.07, 6.45) is 1.89. The number of Topliss-reactive ketones (excluding diaryl/α,β-unsaturated/α-hetero) is 1. The summed E-state index contributed by atoms with van der Waals surface area (Å²) in [5, 5.41) is 4.25. The van der Waals surface area contributed by atoms with E-state index >= 15 is 0 Å². The van der Waals surface area contributed by atoms with Gasteiger partial charge in [-0.1, -0.05) is 12.1 Å². The van der Waals surface area contributed by atoms with Crippen molar-refractivity contribution < 1.29 is 14.3 Å². The van der Waals surface area contributed by atoms with E-state index in [4.69, 9.17) is 4.74 Å². The number of nitrogens with zero attached hydrogens (tertiary/aromatic N) is 3. The highest BCUT2D eigenvalue weighted by Crippen LogP contribution is 2.30. The number of aromatic nitrogens is 2. The fraction of sp³-hybridized carbons (Fsp3) is 0.421. The van der Waals surface area contributed by atoms with E-state index in [1.54, 1.807) is 30.7 Å². The lowest BCUT2D eigenvalue weighted by Crippen LogP contribution is -2.38. The van der Waals surface area contributed by atoms with E-state index in [0.29, 0.717) is 17.8 Å². The van der Waals surface area contributed by atoms with Crippen LogP contribution in [0.1, 0.15) is 40.2 Å². The van der Waals surface area contributed by atoms with Gasteiger partial charge >= 0.3 is 0 Å². The summed E-state index contributed by atoms with van der Waals surface area (Å²) in [4.78, 5) is 27.4. The molecule has 1 heterocycles. The van der Waals surface area contributed by atoms with Gasteiger partial charge in [0, 0.05) is 25.3 Å². The van der Waals surface area contributed by atoms with Crippen LogP contribution in [0, 0.1) is 13.8 Å². The second-order valence-electron chi connectivity index (χ2n) is 6.51. The third-order valence-corrected chi connectivity index (χ3v) is 4.69. The van der Waals surface area contributed by atoms with E-state index in [1.165, 1.54) is 0 Å². The standard InChI is InChI=1S/C19H23N3O3/c1-12-17(13(2)21(3)20-12)18(23)19(24)22(15-7-8-15)11-14-5-9-16(25-4)10-6-14/h5-6,9-10,15H,7-8,11H2,1-4H3. The maximum Gasteiger partial charge on any atom is 0.295 e. The molecule has 0 saturated heterocycles. The van der Waals surface area contributed by atoms with Crippen molar-refractivity contribution >= 4 is 11.7 Å². The van der Waals surface area contributed by atoms with Crippen molar-refractivity contribution in [1.29, 1.82) is 0 Å². The summed E-state index contributed by atoms with van der Waals surface area (Å²) < 4.78 is 6.80. The lowest BCUT2D eigenvalue weighted by atomic mass is 10.1. The number of amides is 1. The zero-order valence-electron chi connectivity index (χ0n) is 15.1. The predicted octanol–water partition coefficient (Wildman–Crippen LogP) is 2.42. The van der Waals surface area contributed by atoms with Gasteiger partial charge in [0.05, 0.1) is 18.4 Å². The summed E-state index contributed by atoms with van der Waals surface area (Å²) in [6, 6.07) is 7.72. The normalized spacial score (nSPS) is 13.6. The number of hydrogen-bond donors (Lipinski definition) is 0. The Labute approximate surface area is 147 Å². The highest BCUT2D eigenvalue weighted by Gasteiger charge is 2.37. The zero-order chi connectivity index (χ0) is 18.1.